The third-order valence-electron chi connectivity index (χ3n) is 1.83. The second kappa shape index (κ2) is 3.94. The fraction of sp³-hybridized carbons (Fsp3) is 0.300. The molecule has 1 aromatic carbocycles. The van der Waals surface area contributed by atoms with Crippen LogP contribution < -0.4 is 5.73 Å². The van der Waals surface area contributed by atoms with Gasteiger partial charge in [-0.2, -0.15) is 0 Å². The van der Waals surface area contributed by atoms with E-state index in [0.717, 1.165) is 17.2 Å². The minimum Gasteiger partial charge on any atom is -0.399 e. The van der Waals surface area contributed by atoms with Gasteiger partial charge in [0.15, 0.2) is 0 Å². The lowest BCUT2D eigenvalue weighted by Crippen LogP contribution is -2.17. The quantitative estimate of drug-likeness (QED) is 0.404. The molecular formula is C10H15N3. The number of rotatable bonds is 1. The topological polar surface area (TPSA) is 41.6 Å². The second-order valence-corrected chi connectivity index (χ2v) is 3.14. The third kappa shape index (κ3) is 2.78. The lowest BCUT2D eigenvalue weighted by Gasteiger charge is -2.10. The number of aliphatic imine (C=N–C) groups is 1. The first-order chi connectivity index (χ1) is 6.09. The molecule has 3 heteroatoms. The van der Waals surface area contributed by atoms with E-state index in [4.69, 9.17) is 5.73 Å². The molecule has 1 aromatic rings. The van der Waals surface area contributed by atoms with Crippen molar-refractivity contribution in [2.24, 2.45) is 4.99 Å². The molecule has 0 aliphatic heterocycles. The Labute approximate surface area is 78.9 Å². The molecule has 0 saturated carbocycles. The van der Waals surface area contributed by atoms with Crippen molar-refractivity contribution < 1.29 is 0 Å². The van der Waals surface area contributed by atoms with Crippen molar-refractivity contribution in [3.8, 4) is 0 Å². The Kier molecular flexibility index (Phi) is 2.90. The van der Waals surface area contributed by atoms with Crippen LogP contribution in [-0.4, -0.2) is 24.8 Å². The van der Waals surface area contributed by atoms with Crippen LogP contribution in [0.1, 0.15) is 6.92 Å². The molecule has 0 aromatic heterocycles. The van der Waals surface area contributed by atoms with E-state index in [0.29, 0.717) is 0 Å². The van der Waals surface area contributed by atoms with Crippen LogP contribution in [0.25, 0.3) is 0 Å². The van der Waals surface area contributed by atoms with Crippen LogP contribution in [0.4, 0.5) is 11.4 Å². The van der Waals surface area contributed by atoms with E-state index >= 15 is 0 Å². The molecule has 13 heavy (non-hydrogen) atoms. The van der Waals surface area contributed by atoms with Crippen LogP contribution in [-0.2, 0) is 0 Å². The number of nitrogen functional groups attached to an aromatic ring is 1. The molecule has 1 rings (SSSR count). The van der Waals surface area contributed by atoms with Gasteiger partial charge in [-0.1, -0.05) is 0 Å². The summed E-state index contributed by atoms with van der Waals surface area (Å²) in [6, 6.07) is 7.51. The molecule has 0 aliphatic rings. The van der Waals surface area contributed by atoms with Gasteiger partial charge in [0.25, 0.3) is 0 Å². The summed E-state index contributed by atoms with van der Waals surface area (Å²) in [7, 11) is 3.94. The first-order valence-electron chi connectivity index (χ1n) is 4.18. The fourth-order valence-corrected chi connectivity index (χ4v) is 0.836. The predicted molar refractivity (Wildman–Crippen MR) is 57.3 cm³/mol. The average molecular weight is 177 g/mol. The van der Waals surface area contributed by atoms with Crippen molar-refractivity contribution in [3.05, 3.63) is 24.3 Å². The summed E-state index contributed by atoms with van der Waals surface area (Å²) in [6.45, 7) is 1.97. The number of nitrogens with zero attached hydrogens (tertiary/aromatic N) is 2. The molecule has 70 valence electrons. The Bertz CT molecular complexity index is 298. The Hall–Kier alpha value is -1.51. The average Bonchev–Trinajstić information content (AvgIpc) is 2.08. The highest BCUT2D eigenvalue weighted by Gasteiger charge is 1.93. The molecule has 0 saturated heterocycles. The Morgan fingerprint density at radius 3 is 2.23 bits per heavy atom. The summed E-state index contributed by atoms with van der Waals surface area (Å²) in [4.78, 5) is 6.36. The molecule has 0 radical (unpaired) electrons. The molecule has 0 amide bonds. The van der Waals surface area contributed by atoms with Crippen molar-refractivity contribution in [1.82, 2.24) is 4.90 Å². The minimum atomic E-state index is 0.765. The van der Waals surface area contributed by atoms with Gasteiger partial charge in [0.2, 0.25) is 0 Å². The van der Waals surface area contributed by atoms with E-state index < -0.39 is 0 Å². The molecule has 3 nitrogen and oxygen atoms in total. The minimum absolute atomic E-state index is 0.765. The van der Waals surface area contributed by atoms with Gasteiger partial charge in [-0.25, -0.2) is 4.99 Å². The number of anilines is 1. The Morgan fingerprint density at radius 1 is 1.23 bits per heavy atom. The highest BCUT2D eigenvalue weighted by molar-refractivity contribution is 5.82. The molecule has 2 N–H and O–H groups in total. The third-order valence-corrected chi connectivity index (χ3v) is 1.83. The maximum atomic E-state index is 5.56. The summed E-state index contributed by atoms with van der Waals surface area (Å²) >= 11 is 0. The highest BCUT2D eigenvalue weighted by atomic mass is 15.1. The zero-order chi connectivity index (χ0) is 9.84. The normalized spacial score (nSPS) is 11.5. The smallest absolute Gasteiger partial charge is 0.101 e. The van der Waals surface area contributed by atoms with Gasteiger partial charge in [0, 0.05) is 19.8 Å². The van der Waals surface area contributed by atoms with Crippen LogP contribution in [0.5, 0.6) is 0 Å². The van der Waals surface area contributed by atoms with Crippen LogP contribution in [0.2, 0.25) is 0 Å². The van der Waals surface area contributed by atoms with Crippen LogP contribution in [0, 0.1) is 0 Å². The van der Waals surface area contributed by atoms with E-state index in [1.165, 1.54) is 0 Å². The first kappa shape index (κ1) is 9.58. The molecule has 0 aliphatic carbocycles. The van der Waals surface area contributed by atoms with Crippen LogP contribution >= 0.6 is 0 Å². The van der Waals surface area contributed by atoms with Crippen molar-refractivity contribution in [1.29, 1.82) is 0 Å². The SMILES string of the molecule is C/C(=N\c1ccc(N)cc1)N(C)C. The van der Waals surface area contributed by atoms with Crippen molar-refractivity contribution in [3.63, 3.8) is 0 Å². The summed E-state index contributed by atoms with van der Waals surface area (Å²) in [5, 5.41) is 0. The Balaban J connectivity index is 2.85. The van der Waals surface area contributed by atoms with Gasteiger partial charge in [0.1, 0.15) is 5.84 Å². The predicted octanol–water partition coefficient (Wildman–Crippen LogP) is 1.88. The molecule has 0 bridgehead atoms. The number of benzene rings is 1. The van der Waals surface area contributed by atoms with E-state index in [9.17, 15) is 0 Å². The second-order valence-electron chi connectivity index (χ2n) is 3.14. The molecule has 0 spiro atoms. The summed E-state index contributed by atoms with van der Waals surface area (Å²) < 4.78 is 0. The summed E-state index contributed by atoms with van der Waals surface area (Å²) in [6.07, 6.45) is 0. The molecule has 0 heterocycles. The van der Waals surface area contributed by atoms with Crippen molar-refractivity contribution in [2.45, 2.75) is 6.92 Å². The van der Waals surface area contributed by atoms with E-state index in [1.54, 1.807) is 0 Å². The lowest BCUT2D eigenvalue weighted by atomic mass is 10.3. The van der Waals surface area contributed by atoms with Gasteiger partial charge in [-0.3, -0.25) is 0 Å². The highest BCUT2D eigenvalue weighted by Crippen LogP contribution is 2.14. The lowest BCUT2D eigenvalue weighted by molar-refractivity contribution is 0.619. The van der Waals surface area contributed by atoms with Gasteiger partial charge < -0.3 is 10.6 Å². The largest absolute Gasteiger partial charge is 0.399 e. The maximum absolute atomic E-state index is 5.56. The molecule has 0 fully saturated rings. The number of hydrogen-bond acceptors (Lipinski definition) is 2. The Morgan fingerprint density at radius 2 is 1.77 bits per heavy atom. The van der Waals surface area contributed by atoms with Gasteiger partial charge in [0.05, 0.1) is 5.69 Å². The molecular weight excluding hydrogens is 162 g/mol. The van der Waals surface area contributed by atoms with Crippen molar-refractivity contribution >= 4 is 17.2 Å². The first-order valence-corrected chi connectivity index (χ1v) is 4.18. The summed E-state index contributed by atoms with van der Waals surface area (Å²) in [5.41, 5.74) is 7.25. The van der Waals surface area contributed by atoms with E-state index in [2.05, 4.69) is 4.99 Å². The van der Waals surface area contributed by atoms with Gasteiger partial charge in [-0.15, -0.1) is 0 Å². The maximum Gasteiger partial charge on any atom is 0.101 e. The van der Waals surface area contributed by atoms with Gasteiger partial charge >= 0.3 is 0 Å². The van der Waals surface area contributed by atoms with E-state index in [1.807, 2.05) is 50.2 Å². The molecule has 0 unspecified atom stereocenters. The van der Waals surface area contributed by atoms with Crippen molar-refractivity contribution in [2.75, 3.05) is 19.8 Å². The standard InChI is InChI=1S/C10H15N3/c1-8(13(2)3)12-10-6-4-9(11)5-7-10/h4-7H,11H2,1-3H3/b12-8+. The zero-order valence-corrected chi connectivity index (χ0v) is 8.28. The zero-order valence-electron chi connectivity index (χ0n) is 8.28. The number of amidine groups is 1. The van der Waals surface area contributed by atoms with Crippen LogP contribution in [0.15, 0.2) is 29.3 Å². The van der Waals surface area contributed by atoms with Gasteiger partial charge in [-0.05, 0) is 31.2 Å². The van der Waals surface area contributed by atoms with Crippen LogP contribution in [0.3, 0.4) is 0 Å². The van der Waals surface area contributed by atoms with E-state index in [-0.39, 0.29) is 0 Å². The number of nitrogens with two attached hydrogens (primary N) is 1. The number of hydrogen-bond donors (Lipinski definition) is 1. The summed E-state index contributed by atoms with van der Waals surface area (Å²) in [5.74, 6) is 0.977. The monoisotopic (exact) mass is 177 g/mol. The fourth-order valence-electron chi connectivity index (χ4n) is 0.836. The molecule has 0 atom stereocenters.